The Morgan fingerprint density at radius 3 is 2.50 bits per heavy atom. The number of nitro benzene ring substituents is 1. The Hall–Kier alpha value is -2.20. The molecule has 1 N–H and O–H groups in total. The van der Waals surface area contributed by atoms with E-state index in [0.717, 1.165) is 12.1 Å². The van der Waals surface area contributed by atoms with E-state index in [2.05, 4.69) is 24.4 Å². The van der Waals surface area contributed by atoms with E-state index < -0.39 is 0 Å². The second-order valence-corrected chi connectivity index (χ2v) is 4.91. The highest BCUT2D eigenvalue weighted by molar-refractivity contribution is 5.42. The van der Waals surface area contributed by atoms with Gasteiger partial charge in [-0.25, -0.2) is 0 Å². The minimum Gasteiger partial charge on any atom is -0.309 e. The van der Waals surface area contributed by atoms with Gasteiger partial charge in [0.05, 0.1) is 4.92 Å². The highest BCUT2D eigenvalue weighted by Gasteiger charge is 2.10. The minimum atomic E-state index is -0.333. The first-order valence-corrected chi connectivity index (χ1v) is 6.57. The molecule has 4 heteroatoms. The highest BCUT2D eigenvalue weighted by Crippen LogP contribution is 2.19. The number of hydrogen-bond donors (Lipinski definition) is 1. The zero-order chi connectivity index (χ0) is 14.5. The van der Waals surface area contributed by atoms with Gasteiger partial charge in [-0.1, -0.05) is 36.4 Å². The molecule has 0 heterocycles. The molecule has 0 aliphatic rings. The van der Waals surface area contributed by atoms with E-state index in [0.29, 0.717) is 12.1 Å². The van der Waals surface area contributed by atoms with E-state index >= 15 is 0 Å². The van der Waals surface area contributed by atoms with Gasteiger partial charge < -0.3 is 5.32 Å². The third kappa shape index (κ3) is 3.42. The van der Waals surface area contributed by atoms with Crippen molar-refractivity contribution in [2.45, 2.75) is 26.9 Å². The molecule has 0 unspecified atom stereocenters. The average molecular weight is 270 g/mol. The van der Waals surface area contributed by atoms with Crippen LogP contribution in [0.5, 0.6) is 0 Å². The zero-order valence-corrected chi connectivity index (χ0v) is 11.7. The van der Waals surface area contributed by atoms with Crippen molar-refractivity contribution in [1.82, 2.24) is 5.32 Å². The Bertz CT molecular complexity index is 624. The first kappa shape index (κ1) is 14.2. The summed E-state index contributed by atoms with van der Waals surface area (Å²) >= 11 is 0. The van der Waals surface area contributed by atoms with E-state index in [4.69, 9.17) is 0 Å². The van der Waals surface area contributed by atoms with Crippen molar-refractivity contribution in [2.75, 3.05) is 0 Å². The number of nitrogens with one attached hydrogen (secondary N) is 1. The number of benzene rings is 2. The van der Waals surface area contributed by atoms with Gasteiger partial charge in [0.1, 0.15) is 0 Å². The molecule has 0 spiro atoms. The number of hydrogen-bond acceptors (Lipinski definition) is 3. The van der Waals surface area contributed by atoms with Gasteiger partial charge in [0.2, 0.25) is 0 Å². The molecule has 4 nitrogen and oxygen atoms in total. The van der Waals surface area contributed by atoms with Crippen LogP contribution in [0, 0.1) is 24.0 Å². The van der Waals surface area contributed by atoms with E-state index in [1.165, 1.54) is 11.1 Å². The van der Waals surface area contributed by atoms with Crippen LogP contribution in [0.1, 0.15) is 22.3 Å². The van der Waals surface area contributed by atoms with Crippen LogP contribution in [0.3, 0.4) is 0 Å². The van der Waals surface area contributed by atoms with Gasteiger partial charge in [-0.3, -0.25) is 10.1 Å². The first-order chi connectivity index (χ1) is 9.58. The van der Waals surface area contributed by atoms with Crippen LogP contribution in [-0.2, 0) is 13.1 Å². The number of aryl methyl sites for hydroxylation is 2. The summed E-state index contributed by atoms with van der Waals surface area (Å²) in [5.41, 5.74) is 4.29. The molecule has 0 amide bonds. The quantitative estimate of drug-likeness (QED) is 0.668. The van der Waals surface area contributed by atoms with Crippen molar-refractivity contribution in [2.24, 2.45) is 0 Å². The monoisotopic (exact) mass is 270 g/mol. The Kier molecular flexibility index (Phi) is 4.48. The van der Waals surface area contributed by atoms with Gasteiger partial charge >= 0.3 is 0 Å². The van der Waals surface area contributed by atoms with Crippen LogP contribution < -0.4 is 5.32 Å². The lowest BCUT2D eigenvalue weighted by Gasteiger charge is -2.08. The molecule has 2 aromatic rings. The maximum absolute atomic E-state index is 10.9. The maximum Gasteiger partial charge on any atom is 0.272 e. The molecule has 0 aromatic heterocycles. The molecule has 20 heavy (non-hydrogen) atoms. The maximum atomic E-state index is 10.9. The van der Waals surface area contributed by atoms with Gasteiger partial charge in [-0.15, -0.1) is 0 Å². The lowest BCUT2D eigenvalue weighted by Crippen LogP contribution is -2.13. The van der Waals surface area contributed by atoms with Crippen molar-refractivity contribution < 1.29 is 4.92 Å². The van der Waals surface area contributed by atoms with E-state index in [-0.39, 0.29) is 10.6 Å². The summed E-state index contributed by atoms with van der Waals surface area (Å²) in [6.45, 7) is 5.21. The van der Waals surface area contributed by atoms with Gasteiger partial charge in [0.25, 0.3) is 5.69 Å². The number of rotatable bonds is 5. The number of nitro groups is 1. The van der Waals surface area contributed by atoms with Gasteiger partial charge in [0.15, 0.2) is 0 Å². The second kappa shape index (κ2) is 6.30. The molecule has 0 saturated carbocycles. The third-order valence-electron chi connectivity index (χ3n) is 3.38. The van der Waals surface area contributed by atoms with Crippen molar-refractivity contribution in [3.05, 3.63) is 74.8 Å². The van der Waals surface area contributed by atoms with E-state index in [9.17, 15) is 10.1 Å². The molecular weight excluding hydrogens is 252 g/mol. The largest absolute Gasteiger partial charge is 0.309 e. The fraction of sp³-hybridized carbons (Fsp3) is 0.250. The van der Waals surface area contributed by atoms with Gasteiger partial charge in [-0.2, -0.15) is 0 Å². The van der Waals surface area contributed by atoms with Crippen molar-refractivity contribution in [1.29, 1.82) is 0 Å². The van der Waals surface area contributed by atoms with Gasteiger partial charge in [-0.05, 0) is 30.5 Å². The molecule has 0 fully saturated rings. The molecular formula is C16H18N2O2. The van der Waals surface area contributed by atoms with Gasteiger partial charge in [0, 0.05) is 24.7 Å². The molecule has 104 valence electrons. The molecule has 0 radical (unpaired) electrons. The van der Waals surface area contributed by atoms with Crippen LogP contribution in [-0.4, -0.2) is 4.92 Å². The smallest absolute Gasteiger partial charge is 0.272 e. The van der Waals surface area contributed by atoms with Crippen LogP contribution >= 0.6 is 0 Å². The summed E-state index contributed by atoms with van der Waals surface area (Å²) in [5, 5.41) is 14.2. The summed E-state index contributed by atoms with van der Waals surface area (Å²) in [6.07, 6.45) is 0. The van der Waals surface area contributed by atoms with Crippen molar-refractivity contribution >= 4 is 5.69 Å². The molecule has 2 rings (SSSR count). The summed E-state index contributed by atoms with van der Waals surface area (Å²) in [6, 6.07) is 13.5. The van der Waals surface area contributed by atoms with Crippen molar-refractivity contribution in [3.8, 4) is 0 Å². The normalized spacial score (nSPS) is 10.5. The van der Waals surface area contributed by atoms with Crippen LogP contribution in [0.2, 0.25) is 0 Å². The van der Waals surface area contributed by atoms with Crippen LogP contribution in [0.15, 0.2) is 42.5 Å². The second-order valence-electron chi connectivity index (χ2n) is 4.91. The molecule has 0 aliphatic carbocycles. The van der Waals surface area contributed by atoms with E-state index in [1.54, 1.807) is 19.1 Å². The zero-order valence-electron chi connectivity index (χ0n) is 11.7. The topological polar surface area (TPSA) is 55.2 Å². The first-order valence-electron chi connectivity index (χ1n) is 6.57. The highest BCUT2D eigenvalue weighted by atomic mass is 16.6. The Labute approximate surface area is 118 Å². The van der Waals surface area contributed by atoms with Crippen molar-refractivity contribution in [3.63, 3.8) is 0 Å². The fourth-order valence-electron chi connectivity index (χ4n) is 2.11. The summed E-state index contributed by atoms with van der Waals surface area (Å²) in [5.74, 6) is 0. The molecule has 0 saturated heterocycles. The Morgan fingerprint density at radius 1 is 1.05 bits per heavy atom. The fourth-order valence-corrected chi connectivity index (χ4v) is 2.11. The molecule has 0 atom stereocenters. The average Bonchev–Trinajstić information content (AvgIpc) is 2.42. The van der Waals surface area contributed by atoms with Crippen LogP contribution in [0.4, 0.5) is 5.69 Å². The SMILES string of the molecule is Cc1ccccc1CNCc1ccc(C)c([N+](=O)[O-])c1. The predicted octanol–water partition coefficient (Wildman–Crippen LogP) is 3.50. The minimum absolute atomic E-state index is 0.181. The van der Waals surface area contributed by atoms with E-state index in [1.807, 2.05) is 18.2 Å². The third-order valence-corrected chi connectivity index (χ3v) is 3.38. The Balaban J connectivity index is 2.00. The molecule has 0 aliphatic heterocycles. The predicted molar refractivity (Wildman–Crippen MR) is 79.6 cm³/mol. The standard InChI is InChI=1S/C16H18N2O2/c1-12-5-3-4-6-15(12)11-17-10-14-8-7-13(2)16(9-14)18(19)20/h3-9,17H,10-11H2,1-2H3. The lowest BCUT2D eigenvalue weighted by molar-refractivity contribution is -0.385. The Morgan fingerprint density at radius 2 is 1.80 bits per heavy atom. The number of nitrogens with zero attached hydrogens (tertiary/aromatic N) is 1. The van der Waals surface area contributed by atoms with Crippen LogP contribution in [0.25, 0.3) is 0 Å². The summed E-state index contributed by atoms with van der Waals surface area (Å²) in [7, 11) is 0. The molecule has 0 bridgehead atoms. The summed E-state index contributed by atoms with van der Waals surface area (Å²) < 4.78 is 0. The molecule has 2 aromatic carbocycles. The lowest BCUT2D eigenvalue weighted by atomic mass is 10.1. The summed E-state index contributed by atoms with van der Waals surface area (Å²) in [4.78, 5) is 10.6.